The van der Waals surface area contributed by atoms with Crippen molar-refractivity contribution >= 4 is 42.4 Å². The number of fused-ring (bicyclic) bond motifs is 1. The lowest BCUT2D eigenvalue weighted by molar-refractivity contribution is 0.0983. The van der Waals surface area contributed by atoms with Crippen LogP contribution in [-0.2, 0) is 16.4 Å². The molecule has 7 nitrogen and oxygen atoms in total. The second-order valence-electron chi connectivity index (χ2n) is 6.60. The van der Waals surface area contributed by atoms with E-state index in [9.17, 15) is 13.2 Å². The van der Waals surface area contributed by atoms with Crippen molar-refractivity contribution in [2.45, 2.75) is 11.4 Å². The van der Waals surface area contributed by atoms with Crippen LogP contribution in [0.2, 0.25) is 0 Å². The molecule has 0 radical (unpaired) electrons. The monoisotopic (exact) mass is 442 g/mol. The molecule has 1 amide bonds. The summed E-state index contributed by atoms with van der Waals surface area (Å²) in [5.74, 6) is 0.977. The Kier molecular flexibility index (Phi) is 5.31. The summed E-state index contributed by atoms with van der Waals surface area (Å²) in [4.78, 5) is 19.6. The molecule has 0 fully saturated rings. The van der Waals surface area contributed by atoms with Gasteiger partial charge in [0, 0.05) is 17.9 Å². The number of ether oxygens (including phenoxy) is 1. The van der Waals surface area contributed by atoms with Crippen molar-refractivity contribution in [2.24, 2.45) is 0 Å². The SMILES string of the molecule is COc1ccc2sc(N(Cc3ccco3)C(=O)c3ccc(S(C)(=O)=O)cc3)nc2c1. The Bertz CT molecular complexity index is 1290. The third-order valence-electron chi connectivity index (χ3n) is 4.48. The lowest BCUT2D eigenvalue weighted by Crippen LogP contribution is -2.30. The highest BCUT2D eigenvalue weighted by atomic mass is 32.2. The Hall–Kier alpha value is -3.17. The number of thiazole rings is 1. The summed E-state index contributed by atoms with van der Waals surface area (Å²) in [6, 6.07) is 14.9. The van der Waals surface area contributed by atoms with Crippen LogP contribution in [0, 0.1) is 0 Å². The van der Waals surface area contributed by atoms with E-state index in [1.807, 2.05) is 18.2 Å². The lowest BCUT2D eigenvalue weighted by atomic mass is 10.2. The fraction of sp³-hybridized carbons (Fsp3) is 0.143. The molecule has 0 aliphatic heterocycles. The zero-order valence-electron chi connectivity index (χ0n) is 16.2. The average Bonchev–Trinajstić information content (AvgIpc) is 3.39. The van der Waals surface area contributed by atoms with E-state index in [1.165, 1.54) is 40.5 Å². The van der Waals surface area contributed by atoms with Gasteiger partial charge in [0.25, 0.3) is 5.91 Å². The molecular weight excluding hydrogens is 424 g/mol. The summed E-state index contributed by atoms with van der Waals surface area (Å²) in [5.41, 5.74) is 1.07. The third-order valence-corrected chi connectivity index (χ3v) is 6.67. The minimum Gasteiger partial charge on any atom is -0.497 e. The van der Waals surface area contributed by atoms with Crippen LogP contribution in [0.15, 0.2) is 70.2 Å². The van der Waals surface area contributed by atoms with Crippen molar-refractivity contribution in [3.05, 3.63) is 72.2 Å². The molecule has 9 heteroatoms. The van der Waals surface area contributed by atoms with E-state index in [1.54, 1.807) is 25.5 Å². The quantitative estimate of drug-likeness (QED) is 0.446. The van der Waals surface area contributed by atoms with Crippen LogP contribution >= 0.6 is 11.3 Å². The number of furan rings is 1. The third kappa shape index (κ3) is 4.07. The Morgan fingerprint density at radius 3 is 2.57 bits per heavy atom. The topological polar surface area (TPSA) is 89.7 Å². The molecule has 0 saturated carbocycles. The molecule has 4 aromatic rings. The maximum atomic E-state index is 13.3. The van der Waals surface area contributed by atoms with E-state index < -0.39 is 9.84 Å². The fourth-order valence-corrected chi connectivity index (χ4v) is 4.50. The number of anilines is 1. The minimum atomic E-state index is -3.34. The average molecular weight is 443 g/mol. The molecule has 2 heterocycles. The van der Waals surface area contributed by atoms with Crippen LogP contribution in [0.3, 0.4) is 0 Å². The lowest BCUT2D eigenvalue weighted by Gasteiger charge is -2.19. The predicted octanol–water partition coefficient (Wildman–Crippen LogP) is 4.15. The number of methoxy groups -OCH3 is 1. The Morgan fingerprint density at radius 1 is 1.17 bits per heavy atom. The predicted molar refractivity (Wildman–Crippen MR) is 115 cm³/mol. The van der Waals surface area contributed by atoms with Crippen molar-refractivity contribution in [2.75, 3.05) is 18.3 Å². The van der Waals surface area contributed by atoms with Crippen LogP contribution in [0.1, 0.15) is 16.1 Å². The van der Waals surface area contributed by atoms with E-state index in [0.717, 1.165) is 16.5 Å². The van der Waals surface area contributed by atoms with Gasteiger partial charge in [0.05, 0.1) is 35.0 Å². The largest absolute Gasteiger partial charge is 0.497 e. The van der Waals surface area contributed by atoms with Crippen LogP contribution in [-0.4, -0.2) is 32.7 Å². The number of benzene rings is 2. The van der Waals surface area contributed by atoms with Crippen molar-refractivity contribution in [1.29, 1.82) is 0 Å². The van der Waals surface area contributed by atoms with Crippen LogP contribution in [0.5, 0.6) is 5.75 Å². The minimum absolute atomic E-state index is 0.156. The number of carbonyl (C=O) groups excluding carboxylic acids is 1. The van der Waals surface area contributed by atoms with Crippen LogP contribution < -0.4 is 9.64 Å². The zero-order valence-corrected chi connectivity index (χ0v) is 17.9. The number of nitrogens with zero attached hydrogens (tertiary/aromatic N) is 2. The molecule has 0 unspecified atom stereocenters. The number of aromatic nitrogens is 1. The van der Waals surface area contributed by atoms with Crippen LogP contribution in [0.25, 0.3) is 10.2 Å². The summed E-state index contributed by atoms with van der Waals surface area (Å²) >= 11 is 1.38. The Morgan fingerprint density at radius 2 is 1.93 bits per heavy atom. The van der Waals surface area contributed by atoms with Crippen molar-refractivity contribution in [3.63, 3.8) is 0 Å². The first-order chi connectivity index (χ1) is 14.3. The van der Waals surface area contributed by atoms with Gasteiger partial charge >= 0.3 is 0 Å². The number of hydrogen-bond acceptors (Lipinski definition) is 7. The molecule has 0 aliphatic carbocycles. The molecule has 0 atom stereocenters. The van der Waals surface area contributed by atoms with Gasteiger partial charge in [0.2, 0.25) is 0 Å². The van der Waals surface area contributed by atoms with E-state index in [0.29, 0.717) is 22.2 Å². The van der Waals surface area contributed by atoms with Gasteiger partial charge in [-0.05, 0) is 48.5 Å². The molecule has 0 aliphatic rings. The standard InChI is InChI=1S/C21H18N2O5S2/c1-27-15-7-10-19-18(12-15)22-21(29-19)23(13-16-4-3-11-28-16)20(24)14-5-8-17(9-6-14)30(2,25)26/h3-12H,13H2,1-2H3. The number of sulfone groups is 1. The maximum absolute atomic E-state index is 13.3. The summed E-state index contributed by atoms with van der Waals surface area (Å²) in [6.07, 6.45) is 2.67. The zero-order chi connectivity index (χ0) is 21.3. The number of amides is 1. The molecule has 30 heavy (non-hydrogen) atoms. The van der Waals surface area contributed by atoms with Crippen LogP contribution in [0.4, 0.5) is 5.13 Å². The molecule has 0 spiro atoms. The first-order valence-corrected chi connectivity index (χ1v) is 11.6. The highest BCUT2D eigenvalue weighted by molar-refractivity contribution is 7.90. The van der Waals surface area contributed by atoms with E-state index in [2.05, 4.69) is 4.98 Å². The van der Waals surface area contributed by atoms with Crippen molar-refractivity contribution < 1.29 is 22.4 Å². The normalized spacial score (nSPS) is 11.5. The molecule has 154 valence electrons. The second-order valence-corrected chi connectivity index (χ2v) is 9.62. The van der Waals surface area contributed by atoms with Gasteiger partial charge in [-0.2, -0.15) is 0 Å². The molecule has 0 N–H and O–H groups in total. The maximum Gasteiger partial charge on any atom is 0.260 e. The van der Waals surface area contributed by atoms with Gasteiger partial charge in [0.1, 0.15) is 11.5 Å². The number of carbonyl (C=O) groups is 1. The highest BCUT2D eigenvalue weighted by Crippen LogP contribution is 2.33. The van der Waals surface area contributed by atoms with E-state index in [4.69, 9.17) is 9.15 Å². The first kappa shape index (κ1) is 20.1. The molecule has 0 saturated heterocycles. The van der Waals surface area contributed by atoms with E-state index in [-0.39, 0.29) is 17.3 Å². The van der Waals surface area contributed by atoms with Gasteiger partial charge in [0.15, 0.2) is 15.0 Å². The Balaban J connectivity index is 1.73. The van der Waals surface area contributed by atoms with Crippen molar-refractivity contribution in [3.8, 4) is 5.75 Å². The highest BCUT2D eigenvalue weighted by Gasteiger charge is 2.23. The van der Waals surface area contributed by atoms with E-state index >= 15 is 0 Å². The van der Waals surface area contributed by atoms with Gasteiger partial charge in [-0.3, -0.25) is 9.69 Å². The molecule has 2 aromatic heterocycles. The summed E-state index contributed by atoms with van der Waals surface area (Å²) in [7, 11) is -1.76. The number of hydrogen-bond donors (Lipinski definition) is 0. The molecule has 4 rings (SSSR count). The summed E-state index contributed by atoms with van der Waals surface area (Å²) in [5, 5.41) is 0.506. The Labute approximate surface area is 177 Å². The smallest absolute Gasteiger partial charge is 0.260 e. The summed E-state index contributed by atoms with van der Waals surface area (Å²) < 4.78 is 35.0. The number of rotatable bonds is 6. The van der Waals surface area contributed by atoms with Gasteiger partial charge < -0.3 is 9.15 Å². The molecule has 0 bridgehead atoms. The van der Waals surface area contributed by atoms with Crippen molar-refractivity contribution in [1.82, 2.24) is 4.98 Å². The second kappa shape index (κ2) is 7.92. The molecule has 2 aromatic carbocycles. The summed E-state index contributed by atoms with van der Waals surface area (Å²) in [6.45, 7) is 0.191. The van der Waals surface area contributed by atoms with Gasteiger partial charge in [-0.25, -0.2) is 13.4 Å². The fourth-order valence-electron chi connectivity index (χ4n) is 2.92. The van der Waals surface area contributed by atoms with Gasteiger partial charge in [-0.1, -0.05) is 11.3 Å². The molecular formula is C21H18N2O5S2. The van der Waals surface area contributed by atoms with Gasteiger partial charge in [-0.15, -0.1) is 0 Å². The first-order valence-electron chi connectivity index (χ1n) is 8.94.